The fourth-order valence-corrected chi connectivity index (χ4v) is 2.27. The number of nitro benzene ring substituents is 1. The molecule has 136 valence electrons. The van der Waals surface area contributed by atoms with Gasteiger partial charge in [0.1, 0.15) is 5.75 Å². The fraction of sp³-hybridized carbons (Fsp3) is 0.0556. The molecule has 0 aliphatic carbocycles. The number of aromatic amines is 1. The van der Waals surface area contributed by atoms with Crippen LogP contribution in [0, 0.1) is 10.1 Å². The number of benzene rings is 2. The molecule has 0 bridgehead atoms. The molecule has 0 atom stereocenters. The van der Waals surface area contributed by atoms with Gasteiger partial charge in [-0.2, -0.15) is 10.2 Å². The van der Waals surface area contributed by atoms with Crippen LogP contribution in [0.5, 0.6) is 5.75 Å². The van der Waals surface area contributed by atoms with Crippen molar-refractivity contribution in [2.75, 3.05) is 6.61 Å². The van der Waals surface area contributed by atoms with E-state index in [0.717, 1.165) is 11.3 Å². The minimum Gasteiger partial charge on any atom is -0.483 e. The Bertz CT molecular complexity index is 969. The number of nitro groups is 1. The van der Waals surface area contributed by atoms with Gasteiger partial charge in [-0.05, 0) is 6.07 Å². The number of hydrogen-bond acceptors (Lipinski definition) is 6. The third-order valence-electron chi connectivity index (χ3n) is 3.52. The molecule has 0 aliphatic heterocycles. The van der Waals surface area contributed by atoms with Crippen LogP contribution in [0.3, 0.4) is 0 Å². The van der Waals surface area contributed by atoms with E-state index in [-0.39, 0.29) is 18.0 Å². The number of amides is 1. The first-order valence-electron chi connectivity index (χ1n) is 7.91. The molecule has 1 heterocycles. The Balaban J connectivity index is 1.55. The van der Waals surface area contributed by atoms with Crippen LogP contribution in [0.4, 0.5) is 5.69 Å². The first kappa shape index (κ1) is 17.8. The summed E-state index contributed by atoms with van der Waals surface area (Å²) in [4.78, 5) is 22.0. The van der Waals surface area contributed by atoms with Gasteiger partial charge < -0.3 is 4.74 Å². The van der Waals surface area contributed by atoms with Crippen molar-refractivity contribution < 1.29 is 14.5 Å². The average molecular weight is 365 g/mol. The molecule has 0 aliphatic rings. The van der Waals surface area contributed by atoms with Crippen LogP contribution in [-0.2, 0) is 4.79 Å². The summed E-state index contributed by atoms with van der Waals surface area (Å²) in [5.74, 6) is -0.271. The second kappa shape index (κ2) is 8.39. The van der Waals surface area contributed by atoms with Crippen LogP contribution in [0.15, 0.2) is 65.9 Å². The van der Waals surface area contributed by atoms with Crippen LogP contribution in [-0.4, -0.2) is 33.8 Å². The Kier molecular flexibility index (Phi) is 5.53. The minimum atomic E-state index is -0.535. The molecule has 0 saturated carbocycles. The summed E-state index contributed by atoms with van der Waals surface area (Å²) in [6.07, 6.45) is 3.06. The Hall–Kier alpha value is -4.01. The monoisotopic (exact) mass is 365 g/mol. The van der Waals surface area contributed by atoms with Crippen molar-refractivity contribution >= 4 is 17.8 Å². The SMILES string of the molecule is O=C(COc1cccc([N+](=O)[O-])c1)N/N=C\c1cn[nH]c1-c1ccccc1. The fourth-order valence-electron chi connectivity index (χ4n) is 2.27. The number of rotatable bonds is 7. The molecule has 2 aromatic carbocycles. The highest BCUT2D eigenvalue weighted by atomic mass is 16.6. The van der Waals surface area contributed by atoms with Crippen LogP contribution >= 0.6 is 0 Å². The van der Waals surface area contributed by atoms with Gasteiger partial charge in [0.2, 0.25) is 0 Å². The van der Waals surface area contributed by atoms with E-state index in [2.05, 4.69) is 20.7 Å². The van der Waals surface area contributed by atoms with E-state index in [4.69, 9.17) is 4.74 Å². The van der Waals surface area contributed by atoms with Crippen molar-refractivity contribution in [2.45, 2.75) is 0 Å². The van der Waals surface area contributed by atoms with Crippen LogP contribution in [0.25, 0.3) is 11.3 Å². The number of hydrazone groups is 1. The number of hydrogen-bond donors (Lipinski definition) is 2. The van der Waals surface area contributed by atoms with E-state index < -0.39 is 10.8 Å². The molecule has 9 nitrogen and oxygen atoms in total. The van der Waals surface area contributed by atoms with Crippen molar-refractivity contribution in [1.29, 1.82) is 0 Å². The summed E-state index contributed by atoms with van der Waals surface area (Å²) < 4.78 is 5.23. The van der Waals surface area contributed by atoms with Crippen molar-refractivity contribution in [3.05, 3.63) is 76.5 Å². The van der Waals surface area contributed by atoms with Crippen LogP contribution in [0.1, 0.15) is 5.56 Å². The number of non-ortho nitro benzene ring substituents is 1. The Labute approximate surface area is 153 Å². The third-order valence-corrected chi connectivity index (χ3v) is 3.52. The van der Waals surface area contributed by atoms with E-state index in [1.165, 1.54) is 30.5 Å². The van der Waals surface area contributed by atoms with Gasteiger partial charge in [0.05, 0.1) is 29.1 Å². The predicted molar refractivity (Wildman–Crippen MR) is 98.4 cm³/mol. The van der Waals surface area contributed by atoms with Gasteiger partial charge in [0.25, 0.3) is 11.6 Å². The molecule has 3 aromatic rings. The second-order valence-electron chi connectivity index (χ2n) is 5.40. The lowest BCUT2D eigenvalue weighted by Crippen LogP contribution is -2.24. The normalized spacial score (nSPS) is 10.7. The summed E-state index contributed by atoms with van der Waals surface area (Å²) in [6.45, 7) is -0.324. The lowest BCUT2D eigenvalue weighted by atomic mass is 10.1. The van der Waals surface area contributed by atoms with Gasteiger partial charge in [0.15, 0.2) is 6.61 Å². The van der Waals surface area contributed by atoms with Crippen LogP contribution in [0.2, 0.25) is 0 Å². The zero-order chi connectivity index (χ0) is 19.1. The van der Waals surface area contributed by atoms with E-state index in [9.17, 15) is 14.9 Å². The predicted octanol–water partition coefficient (Wildman–Crippen LogP) is 2.51. The summed E-state index contributed by atoms with van der Waals surface area (Å²) >= 11 is 0. The van der Waals surface area contributed by atoms with Gasteiger partial charge >= 0.3 is 0 Å². The number of aromatic nitrogens is 2. The van der Waals surface area contributed by atoms with Crippen molar-refractivity contribution in [3.8, 4) is 17.0 Å². The number of nitrogens with zero attached hydrogens (tertiary/aromatic N) is 3. The summed E-state index contributed by atoms with van der Waals surface area (Å²) in [6, 6.07) is 15.2. The van der Waals surface area contributed by atoms with Gasteiger partial charge in [-0.1, -0.05) is 36.4 Å². The van der Waals surface area contributed by atoms with Crippen molar-refractivity contribution in [3.63, 3.8) is 0 Å². The molecule has 1 amide bonds. The topological polar surface area (TPSA) is 123 Å². The van der Waals surface area contributed by atoms with E-state index in [1.807, 2.05) is 30.3 Å². The largest absolute Gasteiger partial charge is 0.483 e. The van der Waals surface area contributed by atoms with E-state index >= 15 is 0 Å². The lowest BCUT2D eigenvalue weighted by molar-refractivity contribution is -0.384. The molecule has 0 saturated heterocycles. The molecule has 0 fully saturated rings. The zero-order valence-corrected chi connectivity index (χ0v) is 14.0. The highest BCUT2D eigenvalue weighted by Crippen LogP contribution is 2.19. The molecule has 0 unspecified atom stereocenters. The number of nitrogens with one attached hydrogen (secondary N) is 2. The summed E-state index contributed by atoms with van der Waals surface area (Å²) in [5.41, 5.74) is 4.66. The molecule has 0 spiro atoms. The highest BCUT2D eigenvalue weighted by molar-refractivity contribution is 5.89. The lowest BCUT2D eigenvalue weighted by Gasteiger charge is -2.04. The summed E-state index contributed by atoms with van der Waals surface area (Å²) in [7, 11) is 0. The maximum Gasteiger partial charge on any atom is 0.277 e. The number of H-pyrrole nitrogens is 1. The first-order valence-corrected chi connectivity index (χ1v) is 7.91. The Morgan fingerprint density at radius 3 is 2.85 bits per heavy atom. The smallest absolute Gasteiger partial charge is 0.277 e. The maximum atomic E-state index is 11.8. The molecule has 2 N–H and O–H groups in total. The molecule has 9 heteroatoms. The highest BCUT2D eigenvalue weighted by Gasteiger charge is 2.08. The number of carbonyl (C=O) groups excluding carboxylic acids is 1. The molecular weight excluding hydrogens is 350 g/mol. The minimum absolute atomic E-state index is 0.112. The molecule has 27 heavy (non-hydrogen) atoms. The van der Waals surface area contributed by atoms with Gasteiger partial charge in [-0.3, -0.25) is 20.0 Å². The average Bonchev–Trinajstić information content (AvgIpc) is 3.16. The molecular formula is C18H15N5O4. The van der Waals surface area contributed by atoms with Crippen molar-refractivity contribution in [2.24, 2.45) is 5.10 Å². The summed E-state index contributed by atoms with van der Waals surface area (Å²) in [5, 5.41) is 21.5. The Morgan fingerprint density at radius 2 is 2.07 bits per heavy atom. The Morgan fingerprint density at radius 1 is 1.26 bits per heavy atom. The third kappa shape index (κ3) is 4.75. The second-order valence-corrected chi connectivity index (χ2v) is 5.40. The quantitative estimate of drug-likeness (QED) is 0.378. The van der Waals surface area contributed by atoms with Crippen LogP contribution < -0.4 is 10.2 Å². The van der Waals surface area contributed by atoms with Gasteiger partial charge in [0, 0.05) is 17.2 Å². The zero-order valence-electron chi connectivity index (χ0n) is 14.0. The van der Waals surface area contributed by atoms with E-state index in [1.54, 1.807) is 6.20 Å². The number of ether oxygens (including phenoxy) is 1. The van der Waals surface area contributed by atoms with Gasteiger partial charge in [-0.15, -0.1) is 0 Å². The molecule has 1 aromatic heterocycles. The maximum absolute atomic E-state index is 11.8. The first-order chi connectivity index (χ1) is 13.1. The van der Waals surface area contributed by atoms with Crippen molar-refractivity contribution in [1.82, 2.24) is 15.6 Å². The molecule has 3 rings (SSSR count). The van der Waals surface area contributed by atoms with Gasteiger partial charge in [-0.25, -0.2) is 5.43 Å². The van der Waals surface area contributed by atoms with E-state index in [0.29, 0.717) is 5.56 Å². The number of carbonyl (C=O) groups is 1. The molecule has 0 radical (unpaired) electrons. The standard InChI is InChI=1S/C18H15N5O4/c24-17(12-27-16-8-4-7-15(9-16)23(25)26)21-19-10-14-11-20-22-18(14)13-5-2-1-3-6-13/h1-11H,12H2,(H,20,22)(H,21,24)/b19-10-.